The van der Waals surface area contributed by atoms with Gasteiger partial charge in [0.05, 0.1) is 0 Å². The van der Waals surface area contributed by atoms with E-state index >= 15 is 0 Å². The van der Waals surface area contributed by atoms with Gasteiger partial charge in [0.25, 0.3) is 5.91 Å². The van der Waals surface area contributed by atoms with Gasteiger partial charge in [0.15, 0.2) is 10.8 Å². The van der Waals surface area contributed by atoms with E-state index in [1.54, 1.807) is 10.6 Å². The minimum absolute atomic E-state index is 0.196. The largest absolute Gasteiger partial charge is 0.371 e. The molecule has 5 nitrogen and oxygen atoms in total. The number of anilines is 1. The number of rotatable bonds is 4. The Hall–Kier alpha value is -2.24. The monoisotopic (exact) mass is 388 g/mol. The van der Waals surface area contributed by atoms with Crippen molar-refractivity contribution in [2.45, 2.75) is 6.42 Å². The highest BCUT2D eigenvalue weighted by Gasteiger charge is 2.24. The van der Waals surface area contributed by atoms with E-state index in [-0.39, 0.29) is 11.1 Å². The van der Waals surface area contributed by atoms with Crippen LogP contribution in [0.4, 0.5) is 5.69 Å². The number of hydrogen-bond acceptors (Lipinski definition) is 3. The molecule has 134 valence electrons. The van der Waals surface area contributed by atoms with Gasteiger partial charge in [0.2, 0.25) is 0 Å². The smallest absolute Gasteiger partial charge is 0.271 e. The van der Waals surface area contributed by atoms with Crippen LogP contribution in [0.25, 0.3) is 5.65 Å². The molecule has 26 heavy (non-hydrogen) atoms. The first kappa shape index (κ1) is 17.2. The van der Waals surface area contributed by atoms with Crippen molar-refractivity contribution in [1.29, 1.82) is 0 Å². The molecule has 1 fully saturated rings. The molecule has 1 amide bonds. The van der Waals surface area contributed by atoms with E-state index in [9.17, 15) is 4.79 Å². The second-order valence-electron chi connectivity index (χ2n) is 6.47. The Morgan fingerprint density at radius 2 is 2.00 bits per heavy atom. The van der Waals surface area contributed by atoms with Gasteiger partial charge in [-0.15, -0.1) is 0 Å². The SMILES string of the molecule is O=C(NC[C@H]1CCN(c2ccc(Cl)cc2)C1)c1c(Cl)nc2ccccn12. The molecule has 0 radical (unpaired) electrons. The Bertz CT molecular complexity index is 938. The molecule has 1 aliphatic rings. The van der Waals surface area contributed by atoms with Crippen molar-refractivity contribution in [3.05, 3.63) is 64.5 Å². The van der Waals surface area contributed by atoms with E-state index < -0.39 is 0 Å². The van der Waals surface area contributed by atoms with Gasteiger partial charge < -0.3 is 10.2 Å². The Balaban J connectivity index is 1.39. The van der Waals surface area contributed by atoms with Crippen LogP contribution in [-0.4, -0.2) is 34.9 Å². The van der Waals surface area contributed by atoms with Crippen molar-refractivity contribution in [2.24, 2.45) is 5.92 Å². The lowest BCUT2D eigenvalue weighted by Crippen LogP contribution is -2.31. The number of carbonyl (C=O) groups excluding carboxylic acids is 1. The van der Waals surface area contributed by atoms with E-state index in [1.165, 1.54) is 0 Å². The maximum absolute atomic E-state index is 12.6. The number of nitrogens with zero attached hydrogens (tertiary/aromatic N) is 3. The summed E-state index contributed by atoms with van der Waals surface area (Å²) in [5, 5.41) is 3.97. The van der Waals surface area contributed by atoms with Crippen LogP contribution in [0.2, 0.25) is 10.2 Å². The van der Waals surface area contributed by atoms with Gasteiger partial charge >= 0.3 is 0 Å². The number of benzene rings is 1. The molecule has 0 bridgehead atoms. The molecule has 0 saturated carbocycles. The van der Waals surface area contributed by atoms with Gasteiger partial charge in [-0.05, 0) is 48.7 Å². The topological polar surface area (TPSA) is 49.6 Å². The van der Waals surface area contributed by atoms with Crippen molar-refractivity contribution in [1.82, 2.24) is 14.7 Å². The summed E-state index contributed by atoms with van der Waals surface area (Å²) in [6, 6.07) is 13.4. The molecule has 0 aliphatic carbocycles. The van der Waals surface area contributed by atoms with E-state index in [2.05, 4.69) is 15.2 Å². The van der Waals surface area contributed by atoms with Crippen LogP contribution < -0.4 is 10.2 Å². The summed E-state index contributed by atoms with van der Waals surface area (Å²) < 4.78 is 1.71. The van der Waals surface area contributed by atoms with Gasteiger partial charge in [-0.1, -0.05) is 29.3 Å². The van der Waals surface area contributed by atoms with Crippen molar-refractivity contribution >= 4 is 40.4 Å². The molecule has 3 aromatic rings. The lowest BCUT2D eigenvalue weighted by molar-refractivity contribution is 0.0942. The Labute approximate surface area is 161 Å². The number of fused-ring (bicyclic) bond motifs is 1. The first-order valence-electron chi connectivity index (χ1n) is 8.53. The quantitative estimate of drug-likeness (QED) is 0.737. The molecule has 1 aliphatic heterocycles. The molecule has 4 rings (SSSR count). The highest BCUT2D eigenvalue weighted by atomic mass is 35.5. The predicted octanol–water partition coefficient (Wildman–Crippen LogP) is 3.90. The van der Waals surface area contributed by atoms with Crippen molar-refractivity contribution < 1.29 is 4.79 Å². The van der Waals surface area contributed by atoms with E-state index in [1.807, 2.05) is 42.5 Å². The number of aromatic nitrogens is 2. The fraction of sp³-hybridized carbons (Fsp3) is 0.263. The lowest BCUT2D eigenvalue weighted by atomic mass is 10.1. The van der Waals surface area contributed by atoms with Crippen LogP contribution in [-0.2, 0) is 0 Å². The molecule has 1 atom stereocenters. The highest BCUT2D eigenvalue weighted by Crippen LogP contribution is 2.25. The van der Waals surface area contributed by atoms with Crippen LogP contribution in [0.5, 0.6) is 0 Å². The molecular weight excluding hydrogens is 371 g/mol. The fourth-order valence-electron chi connectivity index (χ4n) is 3.38. The molecular formula is C19H18Cl2N4O. The molecule has 1 aromatic carbocycles. The average Bonchev–Trinajstić information content (AvgIpc) is 3.24. The van der Waals surface area contributed by atoms with E-state index in [4.69, 9.17) is 23.2 Å². The van der Waals surface area contributed by atoms with Crippen LogP contribution in [0.1, 0.15) is 16.9 Å². The molecule has 0 unspecified atom stereocenters. The Kier molecular flexibility index (Phi) is 4.74. The maximum Gasteiger partial charge on any atom is 0.271 e. The highest BCUT2D eigenvalue weighted by molar-refractivity contribution is 6.32. The van der Waals surface area contributed by atoms with Gasteiger partial charge in [-0.25, -0.2) is 4.98 Å². The van der Waals surface area contributed by atoms with Crippen LogP contribution in [0, 0.1) is 5.92 Å². The normalized spacial score (nSPS) is 17.0. The third-order valence-electron chi connectivity index (χ3n) is 4.73. The summed E-state index contributed by atoms with van der Waals surface area (Å²) in [4.78, 5) is 19.1. The minimum atomic E-state index is -0.196. The summed E-state index contributed by atoms with van der Waals surface area (Å²) in [5.41, 5.74) is 2.21. The molecule has 1 N–H and O–H groups in total. The van der Waals surface area contributed by atoms with Crippen LogP contribution >= 0.6 is 23.2 Å². The molecule has 2 aromatic heterocycles. The number of imidazole rings is 1. The number of pyridine rings is 1. The van der Waals surface area contributed by atoms with E-state index in [0.29, 0.717) is 23.8 Å². The Morgan fingerprint density at radius 1 is 1.19 bits per heavy atom. The zero-order chi connectivity index (χ0) is 18.1. The molecule has 0 spiro atoms. The summed E-state index contributed by atoms with van der Waals surface area (Å²) >= 11 is 12.1. The second kappa shape index (κ2) is 7.17. The number of amides is 1. The van der Waals surface area contributed by atoms with Crippen molar-refractivity contribution in [3.63, 3.8) is 0 Å². The van der Waals surface area contributed by atoms with Crippen LogP contribution in [0.3, 0.4) is 0 Å². The number of nitrogens with one attached hydrogen (secondary N) is 1. The molecule has 3 heterocycles. The zero-order valence-electron chi connectivity index (χ0n) is 14.0. The van der Waals surface area contributed by atoms with Gasteiger partial charge in [0.1, 0.15) is 5.65 Å². The number of hydrogen-bond donors (Lipinski definition) is 1. The minimum Gasteiger partial charge on any atom is -0.371 e. The van der Waals surface area contributed by atoms with E-state index in [0.717, 1.165) is 30.2 Å². The summed E-state index contributed by atoms with van der Waals surface area (Å²) in [5.74, 6) is 0.200. The standard InChI is InChI=1S/C19H18Cl2N4O/c20-14-4-6-15(7-5-14)24-10-8-13(12-24)11-22-19(26)17-18(21)23-16-3-1-2-9-25(16)17/h1-7,9,13H,8,10-12H2,(H,22,26)/t13-/m1/s1. The molecule has 1 saturated heterocycles. The summed E-state index contributed by atoms with van der Waals surface area (Å²) in [7, 11) is 0. The summed E-state index contributed by atoms with van der Waals surface area (Å²) in [6.45, 7) is 2.49. The number of halogens is 2. The van der Waals surface area contributed by atoms with Gasteiger partial charge in [0, 0.05) is 36.5 Å². The Morgan fingerprint density at radius 3 is 2.81 bits per heavy atom. The molecule has 7 heteroatoms. The third-order valence-corrected chi connectivity index (χ3v) is 5.25. The predicted molar refractivity (Wildman–Crippen MR) is 104 cm³/mol. The number of carbonyl (C=O) groups is 1. The average molecular weight is 389 g/mol. The second-order valence-corrected chi connectivity index (χ2v) is 7.26. The van der Waals surface area contributed by atoms with Crippen molar-refractivity contribution in [3.8, 4) is 0 Å². The van der Waals surface area contributed by atoms with Gasteiger partial charge in [-0.2, -0.15) is 0 Å². The first-order valence-corrected chi connectivity index (χ1v) is 9.29. The zero-order valence-corrected chi connectivity index (χ0v) is 15.5. The van der Waals surface area contributed by atoms with Crippen LogP contribution in [0.15, 0.2) is 48.7 Å². The summed E-state index contributed by atoms with van der Waals surface area (Å²) in [6.07, 6.45) is 2.82. The first-order chi connectivity index (χ1) is 12.6. The van der Waals surface area contributed by atoms with Crippen molar-refractivity contribution in [2.75, 3.05) is 24.5 Å². The fourth-order valence-corrected chi connectivity index (χ4v) is 3.77. The lowest BCUT2D eigenvalue weighted by Gasteiger charge is -2.19. The maximum atomic E-state index is 12.6. The third kappa shape index (κ3) is 3.37. The van der Waals surface area contributed by atoms with Gasteiger partial charge in [-0.3, -0.25) is 9.20 Å².